The number of hydrogen-bond donors (Lipinski definition) is 0. The zero-order valence-electron chi connectivity index (χ0n) is 25.5. The van der Waals surface area contributed by atoms with Crippen molar-refractivity contribution in [2.24, 2.45) is 0 Å². The van der Waals surface area contributed by atoms with Gasteiger partial charge in [-0.2, -0.15) is 0 Å². The number of carbonyl (C=O) groups excluding carboxylic acids is 2. The van der Waals surface area contributed by atoms with Crippen molar-refractivity contribution in [1.82, 2.24) is 14.7 Å². The summed E-state index contributed by atoms with van der Waals surface area (Å²) >= 11 is 0. The van der Waals surface area contributed by atoms with E-state index < -0.39 is 5.54 Å². The first kappa shape index (κ1) is 30.3. The Balaban J connectivity index is 0.00000189. The van der Waals surface area contributed by atoms with Gasteiger partial charge < -0.3 is 24.0 Å². The van der Waals surface area contributed by atoms with Gasteiger partial charge in [-0.05, 0) is 81.2 Å². The standard InChI is InChI=1S/C31H39N3O5.C2H6/c1-6-34-30(36)33-20-23-18-24(37-4)19-27(38-5)25(23)11-9-13-28(33)31(34)14-16-32(17-15-31)29(35)22(3)39-26-12-8-7-10-21(26)2;1-2/h8,12-13,18-19H,3,6-7,9-11,14-17,20H2,1-2,4-5H3;1-2H3/b28-13-;. The normalized spacial score (nSPS) is 20.7. The molecular weight excluding hydrogens is 518 g/mol. The van der Waals surface area contributed by atoms with E-state index in [1.807, 2.05) is 60.6 Å². The number of ether oxygens (including phenoxy) is 3. The molecule has 0 atom stereocenters. The summed E-state index contributed by atoms with van der Waals surface area (Å²) in [5, 5.41) is 0. The SMILES string of the molecule is C=C(OC1=C(C)CCC=C1)C(=O)N1CCC2(CC1)/C1=C/CCc3c(cc(OC)cc3OC)CN1C(=O)N2CC.CC. The summed E-state index contributed by atoms with van der Waals surface area (Å²) in [7, 11) is 3.31. The number of urea groups is 1. The fourth-order valence-corrected chi connectivity index (χ4v) is 6.47. The Morgan fingerprint density at radius 3 is 2.44 bits per heavy atom. The molecule has 1 spiro atoms. The number of methoxy groups -OCH3 is 2. The highest BCUT2D eigenvalue weighted by molar-refractivity contribution is 5.91. The van der Waals surface area contributed by atoms with Gasteiger partial charge in [0.15, 0.2) is 5.76 Å². The highest BCUT2D eigenvalue weighted by Gasteiger charge is 2.54. The molecule has 41 heavy (non-hydrogen) atoms. The number of fused-ring (bicyclic) bond motifs is 3. The molecule has 3 amide bonds. The number of allylic oxidation sites excluding steroid dienone is 4. The van der Waals surface area contributed by atoms with E-state index in [2.05, 4.69) is 18.7 Å². The lowest BCUT2D eigenvalue weighted by Gasteiger charge is -2.44. The quantitative estimate of drug-likeness (QED) is 0.299. The third-order valence-corrected chi connectivity index (χ3v) is 8.58. The van der Waals surface area contributed by atoms with Crippen molar-refractivity contribution in [2.45, 2.75) is 78.3 Å². The topological polar surface area (TPSA) is 71.5 Å². The number of rotatable bonds is 6. The Morgan fingerprint density at radius 1 is 1.07 bits per heavy atom. The summed E-state index contributed by atoms with van der Waals surface area (Å²) in [6.45, 7) is 14.1. The minimum absolute atomic E-state index is 0.0115. The van der Waals surface area contributed by atoms with E-state index in [-0.39, 0.29) is 17.7 Å². The van der Waals surface area contributed by atoms with E-state index in [9.17, 15) is 9.59 Å². The summed E-state index contributed by atoms with van der Waals surface area (Å²) in [6, 6.07) is 3.93. The average molecular weight is 564 g/mol. The summed E-state index contributed by atoms with van der Waals surface area (Å²) in [4.78, 5) is 32.8. The van der Waals surface area contributed by atoms with E-state index in [1.54, 1.807) is 14.2 Å². The van der Waals surface area contributed by atoms with Crippen LogP contribution in [-0.2, 0) is 22.5 Å². The zero-order chi connectivity index (χ0) is 29.7. The number of hydrogen-bond acceptors (Lipinski definition) is 5. The number of carbonyl (C=O) groups is 2. The van der Waals surface area contributed by atoms with Crippen LogP contribution in [-0.4, -0.2) is 66.0 Å². The van der Waals surface area contributed by atoms with Gasteiger partial charge in [0.2, 0.25) is 0 Å². The maximum absolute atomic E-state index is 13.8. The van der Waals surface area contributed by atoms with Gasteiger partial charge in [0.05, 0.1) is 26.3 Å². The lowest BCUT2D eigenvalue weighted by atomic mass is 9.82. The molecule has 2 saturated heterocycles. The number of likely N-dealkylation sites (N-methyl/N-ethyl adjacent to an activating group) is 1. The maximum Gasteiger partial charge on any atom is 0.325 e. The number of nitrogens with zero attached hydrogens (tertiary/aromatic N) is 3. The van der Waals surface area contributed by atoms with E-state index in [1.165, 1.54) is 0 Å². The molecule has 5 rings (SSSR count). The predicted octanol–water partition coefficient (Wildman–Crippen LogP) is 6.33. The molecular formula is C33H45N3O5. The van der Waals surface area contributed by atoms with Crippen LogP contribution >= 0.6 is 0 Å². The van der Waals surface area contributed by atoms with E-state index in [4.69, 9.17) is 14.2 Å². The van der Waals surface area contributed by atoms with Crippen molar-refractivity contribution in [1.29, 1.82) is 0 Å². The molecule has 222 valence electrons. The monoisotopic (exact) mass is 563 g/mol. The van der Waals surface area contributed by atoms with Crippen molar-refractivity contribution >= 4 is 11.9 Å². The molecule has 0 bridgehead atoms. The fourth-order valence-electron chi connectivity index (χ4n) is 6.47. The molecule has 3 aliphatic heterocycles. The van der Waals surface area contributed by atoms with E-state index in [0.717, 1.165) is 59.6 Å². The number of benzene rings is 1. The lowest BCUT2D eigenvalue weighted by Crippen LogP contribution is -2.54. The van der Waals surface area contributed by atoms with Gasteiger partial charge in [0.1, 0.15) is 17.3 Å². The zero-order valence-corrected chi connectivity index (χ0v) is 25.5. The van der Waals surface area contributed by atoms with Crippen LogP contribution in [0.3, 0.4) is 0 Å². The van der Waals surface area contributed by atoms with Crippen LogP contribution in [0.5, 0.6) is 11.5 Å². The van der Waals surface area contributed by atoms with Gasteiger partial charge in [-0.15, -0.1) is 0 Å². The van der Waals surface area contributed by atoms with Crippen LogP contribution in [0.15, 0.2) is 59.7 Å². The van der Waals surface area contributed by atoms with Gasteiger partial charge in [-0.3, -0.25) is 9.69 Å². The predicted molar refractivity (Wildman–Crippen MR) is 160 cm³/mol. The Kier molecular flexibility index (Phi) is 9.51. The first-order chi connectivity index (χ1) is 19.8. The molecule has 1 aromatic rings. The van der Waals surface area contributed by atoms with Crippen molar-refractivity contribution in [3.05, 3.63) is 70.9 Å². The largest absolute Gasteiger partial charge is 0.497 e. The van der Waals surface area contributed by atoms with Crippen molar-refractivity contribution < 1.29 is 23.8 Å². The molecule has 2 fully saturated rings. The Morgan fingerprint density at radius 2 is 1.80 bits per heavy atom. The molecule has 1 aromatic carbocycles. The summed E-state index contributed by atoms with van der Waals surface area (Å²) in [5.74, 6) is 2.18. The third kappa shape index (κ3) is 5.61. The molecule has 0 N–H and O–H groups in total. The molecule has 0 unspecified atom stereocenters. The van der Waals surface area contributed by atoms with Gasteiger partial charge in [0, 0.05) is 31.4 Å². The van der Waals surface area contributed by atoms with Crippen LogP contribution in [0.25, 0.3) is 0 Å². The van der Waals surface area contributed by atoms with Crippen LogP contribution in [0, 0.1) is 0 Å². The van der Waals surface area contributed by atoms with Crippen molar-refractivity contribution in [3.8, 4) is 11.5 Å². The fraction of sp³-hybridized carbons (Fsp3) is 0.515. The highest BCUT2D eigenvalue weighted by Crippen LogP contribution is 2.46. The Hall–Kier alpha value is -3.68. The van der Waals surface area contributed by atoms with Crippen LogP contribution < -0.4 is 9.47 Å². The molecule has 0 saturated carbocycles. The molecule has 4 aliphatic rings. The molecule has 3 heterocycles. The molecule has 0 aromatic heterocycles. The summed E-state index contributed by atoms with van der Waals surface area (Å²) in [5.41, 5.74) is 3.90. The minimum Gasteiger partial charge on any atom is -0.497 e. The first-order valence-electron chi connectivity index (χ1n) is 14.9. The van der Waals surface area contributed by atoms with E-state index in [0.29, 0.717) is 44.8 Å². The average Bonchev–Trinajstić information content (AvgIpc) is 3.18. The molecule has 8 nitrogen and oxygen atoms in total. The summed E-state index contributed by atoms with van der Waals surface area (Å²) in [6.07, 6.45) is 11.1. The van der Waals surface area contributed by atoms with Crippen molar-refractivity contribution in [2.75, 3.05) is 33.9 Å². The second-order valence-electron chi connectivity index (χ2n) is 10.6. The van der Waals surface area contributed by atoms with E-state index >= 15 is 0 Å². The first-order valence-corrected chi connectivity index (χ1v) is 14.9. The Labute approximate surface area is 244 Å². The van der Waals surface area contributed by atoms with Crippen LogP contribution in [0.1, 0.15) is 70.9 Å². The second kappa shape index (κ2) is 12.9. The van der Waals surface area contributed by atoms with Crippen LogP contribution in [0.4, 0.5) is 4.79 Å². The third-order valence-electron chi connectivity index (χ3n) is 8.58. The summed E-state index contributed by atoms with van der Waals surface area (Å²) < 4.78 is 17.1. The smallest absolute Gasteiger partial charge is 0.325 e. The Bertz CT molecular complexity index is 1270. The molecule has 8 heteroatoms. The van der Waals surface area contributed by atoms with Gasteiger partial charge in [-0.25, -0.2) is 4.79 Å². The minimum atomic E-state index is -0.434. The van der Waals surface area contributed by atoms with Gasteiger partial charge in [-0.1, -0.05) is 32.6 Å². The van der Waals surface area contributed by atoms with Gasteiger partial charge >= 0.3 is 6.03 Å². The number of piperidine rings is 1. The highest BCUT2D eigenvalue weighted by atomic mass is 16.5. The molecule has 0 radical (unpaired) electrons. The number of amides is 3. The van der Waals surface area contributed by atoms with Crippen LogP contribution in [0.2, 0.25) is 0 Å². The number of likely N-dealkylation sites (tertiary alicyclic amines) is 1. The molecule has 1 aliphatic carbocycles. The second-order valence-corrected chi connectivity index (χ2v) is 10.6. The lowest BCUT2D eigenvalue weighted by molar-refractivity contribution is -0.132. The van der Waals surface area contributed by atoms with Crippen molar-refractivity contribution in [3.63, 3.8) is 0 Å². The maximum atomic E-state index is 13.8. The van der Waals surface area contributed by atoms with Gasteiger partial charge in [0.25, 0.3) is 5.91 Å².